The van der Waals surface area contributed by atoms with Crippen LogP contribution >= 0.6 is 35.6 Å². The molecule has 1 amide bonds. The van der Waals surface area contributed by atoms with E-state index in [4.69, 9.17) is 11.6 Å². The molecule has 0 fully saturated rings. The smallest absolute Gasteiger partial charge is 0.233 e. The maximum absolute atomic E-state index is 11.5. The van der Waals surface area contributed by atoms with Crippen molar-refractivity contribution in [2.45, 2.75) is 25.6 Å². The Morgan fingerprint density at radius 2 is 2.27 bits per heavy atom. The van der Waals surface area contributed by atoms with Gasteiger partial charge in [-0.3, -0.25) is 4.79 Å². The van der Waals surface area contributed by atoms with Crippen molar-refractivity contribution in [3.63, 3.8) is 0 Å². The molecule has 1 atom stereocenters. The highest BCUT2D eigenvalue weighted by atomic mass is 35.5. The summed E-state index contributed by atoms with van der Waals surface area (Å²) in [4.78, 5) is 12.6. The van der Waals surface area contributed by atoms with Crippen LogP contribution in [0.5, 0.6) is 0 Å². The Morgan fingerprint density at radius 1 is 1.60 bits per heavy atom. The third-order valence-electron chi connectivity index (χ3n) is 1.97. The molecule has 0 aliphatic rings. The monoisotopic (exact) mass is 263 g/mol. The Bertz CT molecular complexity index is 338. The number of nitrogens with one attached hydrogen (secondary N) is 1. The van der Waals surface area contributed by atoms with Gasteiger partial charge in [0.2, 0.25) is 5.91 Å². The average molecular weight is 264 g/mol. The highest BCUT2D eigenvalue weighted by Crippen LogP contribution is 2.21. The summed E-state index contributed by atoms with van der Waals surface area (Å²) in [6, 6.07) is 3.74. The molecule has 0 spiro atoms. The highest BCUT2D eigenvalue weighted by Gasteiger charge is 2.17. The predicted molar refractivity (Wildman–Crippen MR) is 68.8 cm³/mol. The molecular formula is C10H14ClNOS2. The molecule has 1 rings (SSSR count). The molecule has 1 heterocycles. The van der Waals surface area contributed by atoms with Gasteiger partial charge < -0.3 is 5.32 Å². The Balaban J connectivity index is 2.40. The van der Waals surface area contributed by atoms with Crippen LogP contribution in [0.1, 0.15) is 18.7 Å². The number of thiol groups is 1. The molecule has 2 nitrogen and oxygen atoms in total. The van der Waals surface area contributed by atoms with Crippen LogP contribution in [0.3, 0.4) is 0 Å². The van der Waals surface area contributed by atoms with E-state index in [0.717, 1.165) is 9.21 Å². The van der Waals surface area contributed by atoms with Crippen LogP contribution in [0.4, 0.5) is 0 Å². The highest BCUT2D eigenvalue weighted by molar-refractivity contribution is 7.81. The molecule has 0 saturated carbocycles. The summed E-state index contributed by atoms with van der Waals surface area (Å²) in [6.07, 6.45) is 0. The molecule has 5 heteroatoms. The normalized spacial score (nSPS) is 12.9. The van der Waals surface area contributed by atoms with E-state index in [1.807, 2.05) is 26.0 Å². The van der Waals surface area contributed by atoms with E-state index in [1.54, 1.807) is 0 Å². The second-order valence-electron chi connectivity index (χ2n) is 3.61. The first-order valence-corrected chi connectivity index (χ1v) is 6.41. The number of hydrogen-bond donors (Lipinski definition) is 2. The summed E-state index contributed by atoms with van der Waals surface area (Å²) < 4.78 is 0.741. The second kappa shape index (κ2) is 5.77. The lowest BCUT2D eigenvalue weighted by atomic mass is 10.1. The largest absolute Gasteiger partial charge is 0.350 e. The summed E-state index contributed by atoms with van der Waals surface area (Å²) >= 11 is 11.5. The molecule has 1 aromatic rings. The Hall–Kier alpha value is -0.190. The van der Waals surface area contributed by atoms with Crippen molar-refractivity contribution in [3.8, 4) is 0 Å². The van der Waals surface area contributed by atoms with Gasteiger partial charge in [-0.15, -0.1) is 11.3 Å². The van der Waals surface area contributed by atoms with Crippen molar-refractivity contribution in [2.24, 2.45) is 5.92 Å². The maximum Gasteiger partial charge on any atom is 0.233 e. The number of thiophene rings is 1. The molecule has 0 aliphatic carbocycles. The van der Waals surface area contributed by atoms with E-state index in [9.17, 15) is 4.79 Å². The van der Waals surface area contributed by atoms with Crippen molar-refractivity contribution in [2.75, 3.05) is 0 Å². The van der Waals surface area contributed by atoms with E-state index in [1.165, 1.54) is 11.3 Å². The Labute approximate surface area is 104 Å². The van der Waals surface area contributed by atoms with Crippen LogP contribution in [0, 0.1) is 5.92 Å². The standard InChI is InChI=1S/C10H14ClNOS2/c1-6(2)9(14)10(13)12-5-7-3-4-8(11)15-7/h3-4,6,9,14H,5H2,1-2H3,(H,12,13). The molecule has 84 valence electrons. The van der Waals surface area contributed by atoms with Crippen LogP contribution < -0.4 is 5.32 Å². The summed E-state index contributed by atoms with van der Waals surface area (Å²) in [7, 11) is 0. The zero-order valence-electron chi connectivity index (χ0n) is 8.66. The zero-order valence-corrected chi connectivity index (χ0v) is 11.1. The van der Waals surface area contributed by atoms with Gasteiger partial charge in [-0.25, -0.2) is 0 Å². The molecule has 1 N–H and O–H groups in total. The molecular weight excluding hydrogens is 250 g/mol. The fourth-order valence-corrected chi connectivity index (χ4v) is 2.15. The SMILES string of the molecule is CC(C)C(S)C(=O)NCc1ccc(Cl)s1. The van der Waals surface area contributed by atoms with Gasteiger partial charge in [0.25, 0.3) is 0 Å². The fraction of sp³-hybridized carbons (Fsp3) is 0.500. The topological polar surface area (TPSA) is 29.1 Å². The van der Waals surface area contributed by atoms with Gasteiger partial charge in [-0.05, 0) is 18.1 Å². The Kier molecular flexibility index (Phi) is 4.96. The first-order valence-electron chi connectivity index (χ1n) is 4.70. The summed E-state index contributed by atoms with van der Waals surface area (Å²) in [5, 5.41) is 2.58. The fourth-order valence-electron chi connectivity index (χ4n) is 1.03. The lowest BCUT2D eigenvalue weighted by Crippen LogP contribution is -2.33. The van der Waals surface area contributed by atoms with E-state index >= 15 is 0 Å². The van der Waals surface area contributed by atoms with Gasteiger partial charge in [0.1, 0.15) is 0 Å². The zero-order chi connectivity index (χ0) is 11.4. The van der Waals surface area contributed by atoms with Crippen molar-refractivity contribution in [1.29, 1.82) is 0 Å². The van der Waals surface area contributed by atoms with Crippen molar-refractivity contribution in [1.82, 2.24) is 5.32 Å². The van der Waals surface area contributed by atoms with Gasteiger partial charge in [-0.1, -0.05) is 25.4 Å². The van der Waals surface area contributed by atoms with Crippen molar-refractivity contribution >= 4 is 41.5 Å². The van der Waals surface area contributed by atoms with Crippen molar-refractivity contribution < 1.29 is 4.79 Å². The molecule has 15 heavy (non-hydrogen) atoms. The van der Waals surface area contributed by atoms with Crippen LogP contribution in [0.2, 0.25) is 4.34 Å². The summed E-state index contributed by atoms with van der Waals surface area (Å²) in [6.45, 7) is 4.47. The van der Waals surface area contributed by atoms with Crippen molar-refractivity contribution in [3.05, 3.63) is 21.3 Å². The molecule has 0 saturated heterocycles. The number of amides is 1. The first-order chi connectivity index (χ1) is 7.00. The van der Waals surface area contributed by atoms with Crippen LogP contribution in [-0.4, -0.2) is 11.2 Å². The first kappa shape index (κ1) is 12.9. The summed E-state index contributed by atoms with van der Waals surface area (Å²) in [5.41, 5.74) is 0. The number of carbonyl (C=O) groups is 1. The molecule has 0 radical (unpaired) electrons. The quantitative estimate of drug-likeness (QED) is 0.804. The minimum Gasteiger partial charge on any atom is -0.350 e. The number of carbonyl (C=O) groups excluding carboxylic acids is 1. The lowest BCUT2D eigenvalue weighted by Gasteiger charge is -2.13. The maximum atomic E-state index is 11.5. The average Bonchev–Trinajstić information content (AvgIpc) is 2.59. The van der Waals surface area contributed by atoms with Crippen LogP contribution in [0.15, 0.2) is 12.1 Å². The van der Waals surface area contributed by atoms with E-state index in [-0.39, 0.29) is 17.1 Å². The molecule has 0 aromatic carbocycles. The molecule has 0 aliphatic heterocycles. The van der Waals surface area contributed by atoms with E-state index in [0.29, 0.717) is 6.54 Å². The molecule has 0 bridgehead atoms. The van der Waals surface area contributed by atoms with Gasteiger partial charge in [0.05, 0.1) is 16.1 Å². The lowest BCUT2D eigenvalue weighted by molar-refractivity contribution is -0.121. The Morgan fingerprint density at radius 3 is 2.73 bits per heavy atom. The number of rotatable bonds is 4. The van der Waals surface area contributed by atoms with Gasteiger partial charge in [-0.2, -0.15) is 12.6 Å². The minimum absolute atomic E-state index is 0.0298. The molecule has 1 aromatic heterocycles. The third-order valence-corrected chi connectivity index (χ3v) is 4.03. The van der Waals surface area contributed by atoms with Gasteiger partial charge in [0, 0.05) is 4.88 Å². The second-order valence-corrected chi connectivity index (χ2v) is 5.97. The molecule has 1 unspecified atom stereocenters. The van der Waals surface area contributed by atoms with Crippen LogP contribution in [0.25, 0.3) is 0 Å². The predicted octanol–water partition coefficient (Wildman–Crippen LogP) is 2.97. The van der Waals surface area contributed by atoms with Gasteiger partial charge in [0.15, 0.2) is 0 Å². The number of hydrogen-bond acceptors (Lipinski definition) is 3. The van der Waals surface area contributed by atoms with Gasteiger partial charge >= 0.3 is 0 Å². The number of halogens is 1. The third kappa shape index (κ3) is 4.05. The summed E-state index contributed by atoms with van der Waals surface area (Å²) in [5.74, 6) is 0.207. The van der Waals surface area contributed by atoms with E-state index < -0.39 is 0 Å². The minimum atomic E-state index is -0.250. The van der Waals surface area contributed by atoms with E-state index in [2.05, 4.69) is 17.9 Å². The van der Waals surface area contributed by atoms with Crippen LogP contribution in [-0.2, 0) is 11.3 Å².